The summed E-state index contributed by atoms with van der Waals surface area (Å²) in [6.07, 6.45) is 3.62. The lowest BCUT2D eigenvalue weighted by Gasteiger charge is -2.43. The Morgan fingerprint density at radius 3 is 2.15 bits per heavy atom. The van der Waals surface area contributed by atoms with Crippen molar-refractivity contribution in [2.24, 2.45) is 0 Å². The molecule has 7 nitrogen and oxygen atoms in total. The number of carboxylic acids is 1. The fraction of sp³-hybridized carbons (Fsp3) is 0.444. The molecule has 0 radical (unpaired) electrons. The van der Waals surface area contributed by atoms with Gasteiger partial charge in [0.05, 0.1) is 6.42 Å². The second-order valence-corrected chi connectivity index (χ2v) is 9.58. The average molecular weight is 465 g/mol. The van der Waals surface area contributed by atoms with E-state index in [9.17, 15) is 19.5 Å². The molecule has 7 heteroatoms. The van der Waals surface area contributed by atoms with E-state index >= 15 is 0 Å². The fourth-order valence-electron chi connectivity index (χ4n) is 5.31. The van der Waals surface area contributed by atoms with E-state index in [1.165, 1.54) is 0 Å². The Bertz CT molecular complexity index is 1030. The van der Waals surface area contributed by atoms with Crippen LogP contribution in [0.1, 0.15) is 62.5 Å². The van der Waals surface area contributed by atoms with Crippen LogP contribution in [0.3, 0.4) is 0 Å². The zero-order valence-corrected chi connectivity index (χ0v) is 19.8. The first-order valence-corrected chi connectivity index (χ1v) is 11.9. The van der Waals surface area contributed by atoms with Gasteiger partial charge in [-0.25, -0.2) is 4.79 Å². The van der Waals surface area contributed by atoms with Crippen molar-refractivity contribution < 1.29 is 24.2 Å². The molecule has 1 unspecified atom stereocenters. The van der Waals surface area contributed by atoms with Crippen molar-refractivity contribution in [1.82, 2.24) is 10.2 Å². The van der Waals surface area contributed by atoms with Crippen LogP contribution in [-0.2, 0) is 14.3 Å². The van der Waals surface area contributed by atoms with Crippen molar-refractivity contribution in [3.63, 3.8) is 0 Å². The zero-order valence-electron chi connectivity index (χ0n) is 19.8. The summed E-state index contributed by atoms with van der Waals surface area (Å²) in [6.45, 7) is 2.12. The summed E-state index contributed by atoms with van der Waals surface area (Å²) in [4.78, 5) is 39.0. The molecule has 1 saturated carbocycles. The van der Waals surface area contributed by atoms with Gasteiger partial charge in [-0.05, 0) is 42.0 Å². The van der Waals surface area contributed by atoms with E-state index in [0.29, 0.717) is 0 Å². The molecular weight excluding hydrogens is 432 g/mol. The lowest BCUT2D eigenvalue weighted by Crippen LogP contribution is -2.56. The Kier molecular flexibility index (Phi) is 6.91. The normalized spacial score (nSPS) is 17.2. The van der Waals surface area contributed by atoms with Crippen LogP contribution >= 0.6 is 0 Å². The lowest BCUT2D eigenvalue weighted by atomic mass is 9.82. The van der Waals surface area contributed by atoms with Gasteiger partial charge in [-0.2, -0.15) is 0 Å². The second kappa shape index (κ2) is 9.87. The topological polar surface area (TPSA) is 95.9 Å². The first-order valence-electron chi connectivity index (χ1n) is 11.9. The Balaban J connectivity index is 1.44. The maximum atomic E-state index is 13.2. The summed E-state index contributed by atoms with van der Waals surface area (Å²) in [5.41, 5.74) is 4.07. The van der Waals surface area contributed by atoms with Gasteiger partial charge in [-0.15, -0.1) is 0 Å². The fourth-order valence-corrected chi connectivity index (χ4v) is 5.31. The van der Waals surface area contributed by atoms with Crippen LogP contribution in [0.5, 0.6) is 0 Å². The van der Waals surface area contributed by atoms with Gasteiger partial charge in [-0.1, -0.05) is 67.8 Å². The Labute approximate surface area is 200 Å². The van der Waals surface area contributed by atoms with E-state index in [4.69, 9.17) is 4.74 Å². The highest BCUT2D eigenvalue weighted by molar-refractivity contribution is 5.89. The summed E-state index contributed by atoms with van der Waals surface area (Å²) in [5.74, 6) is -1.67. The first kappa shape index (κ1) is 23.8. The first-order chi connectivity index (χ1) is 16.3. The number of carbonyl (C=O) groups excluding carboxylic acids is 2. The number of amides is 2. The molecule has 2 aliphatic rings. The summed E-state index contributed by atoms with van der Waals surface area (Å²) < 4.78 is 5.54. The number of rotatable bonds is 7. The number of fused-ring (bicyclic) bond motifs is 3. The maximum absolute atomic E-state index is 13.2. The van der Waals surface area contributed by atoms with Gasteiger partial charge in [0.25, 0.3) is 0 Å². The minimum atomic E-state index is -1.18. The number of aliphatic carboxylic acids is 1. The number of carbonyl (C=O) groups is 3. The largest absolute Gasteiger partial charge is 0.481 e. The van der Waals surface area contributed by atoms with Crippen LogP contribution in [0.2, 0.25) is 0 Å². The third kappa shape index (κ3) is 4.79. The molecule has 0 aromatic heterocycles. The smallest absolute Gasteiger partial charge is 0.407 e. The minimum absolute atomic E-state index is 0.0986. The van der Waals surface area contributed by atoms with Gasteiger partial charge in [0.1, 0.15) is 12.6 Å². The Morgan fingerprint density at radius 2 is 1.59 bits per heavy atom. The van der Waals surface area contributed by atoms with E-state index in [0.717, 1.165) is 54.4 Å². The predicted molar refractivity (Wildman–Crippen MR) is 129 cm³/mol. The van der Waals surface area contributed by atoms with Crippen LogP contribution in [0.4, 0.5) is 4.79 Å². The van der Waals surface area contributed by atoms with Crippen molar-refractivity contribution in [3.8, 4) is 11.1 Å². The van der Waals surface area contributed by atoms with Crippen LogP contribution in [0.25, 0.3) is 11.1 Å². The van der Waals surface area contributed by atoms with Crippen molar-refractivity contribution in [1.29, 1.82) is 0 Å². The number of carboxylic acid groups (broad SMARTS) is 1. The summed E-state index contributed by atoms with van der Waals surface area (Å²) >= 11 is 0. The van der Waals surface area contributed by atoms with Crippen LogP contribution in [-0.4, -0.2) is 53.2 Å². The highest BCUT2D eigenvalue weighted by Crippen LogP contribution is 2.44. The Hall–Kier alpha value is -3.35. The number of benzene rings is 2. The standard InChI is InChI=1S/C27H32N2O5/c1-27(14-8-3-9-15-27)29(2)25(32)23(16-24(30)31)28-26(33)34-17-22-20-12-6-4-10-18(20)19-11-5-7-13-21(19)22/h4-7,10-13,22-23H,3,8-9,14-17H2,1-2H3,(H,28,33)(H,30,31). The average Bonchev–Trinajstić information content (AvgIpc) is 3.15. The zero-order chi connectivity index (χ0) is 24.3. The Morgan fingerprint density at radius 1 is 1.03 bits per heavy atom. The summed E-state index contributed by atoms with van der Waals surface area (Å²) in [7, 11) is 1.70. The lowest BCUT2D eigenvalue weighted by molar-refractivity contribution is -0.145. The van der Waals surface area contributed by atoms with E-state index < -0.39 is 30.4 Å². The van der Waals surface area contributed by atoms with E-state index in [1.54, 1.807) is 11.9 Å². The number of likely N-dealkylation sites (N-methyl/N-ethyl adjacent to an activating group) is 1. The van der Waals surface area contributed by atoms with Crippen molar-refractivity contribution >= 4 is 18.0 Å². The molecule has 2 aliphatic carbocycles. The van der Waals surface area contributed by atoms with E-state index in [-0.39, 0.29) is 18.1 Å². The number of nitrogens with one attached hydrogen (secondary N) is 1. The number of hydrogen-bond acceptors (Lipinski definition) is 4. The molecule has 0 bridgehead atoms. The molecule has 2 aromatic carbocycles. The molecule has 34 heavy (non-hydrogen) atoms. The number of hydrogen-bond donors (Lipinski definition) is 2. The highest BCUT2D eigenvalue weighted by atomic mass is 16.5. The molecule has 0 heterocycles. The van der Waals surface area contributed by atoms with Gasteiger partial charge < -0.3 is 20.1 Å². The molecule has 0 aliphatic heterocycles. The molecule has 4 rings (SSSR count). The van der Waals surface area contributed by atoms with Crippen molar-refractivity contribution in [2.45, 2.75) is 62.9 Å². The molecule has 0 spiro atoms. The molecule has 1 fully saturated rings. The number of alkyl carbamates (subject to hydrolysis) is 1. The van der Waals surface area contributed by atoms with Gasteiger partial charge >= 0.3 is 12.1 Å². The summed E-state index contributed by atoms with van der Waals surface area (Å²) in [6, 6.07) is 14.9. The molecule has 180 valence electrons. The third-order valence-corrected chi connectivity index (χ3v) is 7.38. The molecule has 1 atom stereocenters. The molecule has 2 aromatic rings. The van der Waals surface area contributed by atoms with Gasteiger partial charge in [0.15, 0.2) is 0 Å². The molecular formula is C27H32N2O5. The minimum Gasteiger partial charge on any atom is -0.481 e. The third-order valence-electron chi connectivity index (χ3n) is 7.38. The number of ether oxygens (including phenoxy) is 1. The van der Waals surface area contributed by atoms with Crippen LogP contribution in [0.15, 0.2) is 48.5 Å². The predicted octanol–water partition coefficient (Wildman–Crippen LogP) is 4.55. The SMILES string of the molecule is CN(C(=O)C(CC(=O)O)NC(=O)OCC1c2ccccc2-c2ccccc21)C1(C)CCCCC1. The number of nitrogens with zero attached hydrogens (tertiary/aromatic N) is 1. The van der Waals surface area contributed by atoms with Crippen molar-refractivity contribution in [3.05, 3.63) is 59.7 Å². The monoisotopic (exact) mass is 464 g/mol. The quantitative estimate of drug-likeness (QED) is 0.627. The molecule has 0 saturated heterocycles. The van der Waals surface area contributed by atoms with E-state index in [1.807, 2.05) is 43.3 Å². The maximum Gasteiger partial charge on any atom is 0.407 e. The van der Waals surface area contributed by atoms with Gasteiger partial charge in [-0.3, -0.25) is 9.59 Å². The molecule has 2 N–H and O–H groups in total. The van der Waals surface area contributed by atoms with Crippen LogP contribution < -0.4 is 5.32 Å². The highest BCUT2D eigenvalue weighted by Gasteiger charge is 2.38. The van der Waals surface area contributed by atoms with Gasteiger partial charge in [0.2, 0.25) is 5.91 Å². The van der Waals surface area contributed by atoms with Gasteiger partial charge in [0, 0.05) is 18.5 Å². The molecule has 2 amide bonds. The van der Waals surface area contributed by atoms with Crippen LogP contribution in [0, 0.1) is 0 Å². The van der Waals surface area contributed by atoms with Crippen molar-refractivity contribution in [2.75, 3.05) is 13.7 Å². The summed E-state index contributed by atoms with van der Waals surface area (Å²) in [5, 5.41) is 11.9. The second-order valence-electron chi connectivity index (χ2n) is 9.58. The van der Waals surface area contributed by atoms with E-state index in [2.05, 4.69) is 17.4 Å².